The Balaban J connectivity index is 2.01. The summed E-state index contributed by atoms with van der Waals surface area (Å²) in [6.45, 7) is 0.131. The Bertz CT molecular complexity index is 699. The third kappa shape index (κ3) is 5.84. The van der Waals surface area contributed by atoms with Gasteiger partial charge in [0.1, 0.15) is 6.61 Å². The summed E-state index contributed by atoms with van der Waals surface area (Å²) in [5.41, 5.74) is 2.57. The number of rotatable bonds is 7. The topological polar surface area (TPSA) is 78.9 Å². The Hall–Kier alpha value is -3.02. The molecule has 0 aliphatic carbocycles. The van der Waals surface area contributed by atoms with Gasteiger partial charge in [-0.1, -0.05) is 42.5 Å². The van der Waals surface area contributed by atoms with Gasteiger partial charge in [-0.25, -0.2) is 4.79 Å². The average Bonchev–Trinajstić information content (AvgIpc) is 2.60. The second-order valence-corrected chi connectivity index (χ2v) is 5.84. The van der Waals surface area contributed by atoms with E-state index in [0.717, 1.165) is 11.3 Å². The first-order chi connectivity index (χ1) is 12.0. The molecule has 0 bridgehead atoms. The molecule has 0 spiro atoms. The summed E-state index contributed by atoms with van der Waals surface area (Å²) in [7, 11) is 3.84. The molecule has 0 aromatic heterocycles. The minimum absolute atomic E-state index is 0.131. The molecule has 0 saturated carbocycles. The molecule has 0 aliphatic heterocycles. The fourth-order valence-corrected chi connectivity index (χ4v) is 2.34. The molecule has 0 unspecified atom stereocenters. The number of nitrogens with one attached hydrogen (secondary N) is 1. The highest BCUT2D eigenvalue weighted by atomic mass is 16.5. The molecule has 132 valence electrons. The zero-order chi connectivity index (χ0) is 18.2. The van der Waals surface area contributed by atoms with Crippen LogP contribution in [0.2, 0.25) is 0 Å². The quantitative estimate of drug-likeness (QED) is 0.808. The molecule has 2 aromatic carbocycles. The van der Waals surface area contributed by atoms with Crippen LogP contribution in [0.4, 0.5) is 10.5 Å². The number of amides is 1. The van der Waals surface area contributed by atoms with E-state index in [1.165, 1.54) is 0 Å². The van der Waals surface area contributed by atoms with E-state index in [9.17, 15) is 9.59 Å². The summed E-state index contributed by atoms with van der Waals surface area (Å²) in [4.78, 5) is 25.1. The van der Waals surface area contributed by atoms with Crippen LogP contribution in [0.5, 0.6) is 0 Å². The molecule has 0 fully saturated rings. The lowest BCUT2D eigenvalue weighted by atomic mass is 10.0. The van der Waals surface area contributed by atoms with Crippen molar-refractivity contribution in [1.82, 2.24) is 5.32 Å². The van der Waals surface area contributed by atoms with Gasteiger partial charge in [-0.3, -0.25) is 4.79 Å². The minimum atomic E-state index is -0.995. The highest BCUT2D eigenvalue weighted by Crippen LogP contribution is 2.21. The molecule has 0 aliphatic rings. The van der Waals surface area contributed by atoms with Gasteiger partial charge in [0.25, 0.3) is 0 Å². The van der Waals surface area contributed by atoms with Crippen LogP contribution in [0, 0.1) is 0 Å². The van der Waals surface area contributed by atoms with Crippen LogP contribution >= 0.6 is 0 Å². The van der Waals surface area contributed by atoms with E-state index >= 15 is 0 Å². The number of alkyl carbamates (subject to hydrolysis) is 1. The van der Waals surface area contributed by atoms with Crippen LogP contribution < -0.4 is 10.2 Å². The standard InChI is InChI=1S/C19H22N2O4/c1-21(2)16-10-8-15(9-11-16)17(12-18(22)23)20-19(24)25-13-14-6-4-3-5-7-14/h3-11,17H,12-13H2,1-2H3,(H,20,24)(H,22,23)/t17-/m0/s1. The Morgan fingerprint density at radius 2 is 1.72 bits per heavy atom. The number of aliphatic carboxylic acids is 1. The number of benzene rings is 2. The van der Waals surface area contributed by atoms with Crippen molar-refractivity contribution in [3.63, 3.8) is 0 Å². The van der Waals surface area contributed by atoms with Gasteiger partial charge in [-0.05, 0) is 23.3 Å². The van der Waals surface area contributed by atoms with Crippen LogP contribution in [-0.2, 0) is 16.1 Å². The second kappa shape index (κ2) is 8.73. The van der Waals surface area contributed by atoms with Gasteiger partial charge >= 0.3 is 12.1 Å². The molecule has 25 heavy (non-hydrogen) atoms. The number of carboxylic acid groups (broad SMARTS) is 1. The number of carbonyl (C=O) groups excluding carboxylic acids is 1. The highest BCUT2D eigenvalue weighted by molar-refractivity contribution is 5.72. The maximum absolute atomic E-state index is 12.0. The molecule has 2 aromatic rings. The minimum Gasteiger partial charge on any atom is -0.481 e. The summed E-state index contributed by atoms with van der Waals surface area (Å²) < 4.78 is 5.17. The van der Waals surface area contributed by atoms with Crippen molar-refractivity contribution >= 4 is 17.7 Å². The van der Waals surface area contributed by atoms with Crippen molar-refractivity contribution in [3.8, 4) is 0 Å². The highest BCUT2D eigenvalue weighted by Gasteiger charge is 2.19. The Kier molecular flexibility index (Phi) is 6.39. The molecular formula is C19H22N2O4. The first kappa shape index (κ1) is 18.3. The SMILES string of the molecule is CN(C)c1ccc([C@H](CC(=O)O)NC(=O)OCc2ccccc2)cc1. The fourth-order valence-electron chi connectivity index (χ4n) is 2.34. The molecule has 0 saturated heterocycles. The van der Waals surface area contributed by atoms with Crippen LogP contribution in [0.3, 0.4) is 0 Å². The first-order valence-electron chi connectivity index (χ1n) is 7.92. The largest absolute Gasteiger partial charge is 0.481 e. The van der Waals surface area contributed by atoms with Crippen LogP contribution in [0.25, 0.3) is 0 Å². The van der Waals surface area contributed by atoms with Gasteiger partial charge in [0.05, 0.1) is 12.5 Å². The van der Waals surface area contributed by atoms with E-state index in [1.54, 1.807) is 12.1 Å². The molecule has 1 amide bonds. The normalized spacial score (nSPS) is 11.4. The number of nitrogens with zero attached hydrogens (tertiary/aromatic N) is 1. The summed E-state index contributed by atoms with van der Waals surface area (Å²) in [6, 6.07) is 16.0. The molecule has 6 nitrogen and oxygen atoms in total. The van der Waals surface area contributed by atoms with Crippen LogP contribution in [0.1, 0.15) is 23.6 Å². The van der Waals surface area contributed by atoms with Crippen molar-refractivity contribution in [2.24, 2.45) is 0 Å². The fraction of sp³-hybridized carbons (Fsp3) is 0.263. The first-order valence-corrected chi connectivity index (χ1v) is 7.92. The molecule has 0 radical (unpaired) electrons. The summed E-state index contributed by atoms with van der Waals surface area (Å²) in [6.07, 6.45) is -0.867. The number of hydrogen-bond acceptors (Lipinski definition) is 4. The molecule has 1 atom stereocenters. The van der Waals surface area contributed by atoms with Gasteiger partial charge in [0, 0.05) is 19.8 Å². The van der Waals surface area contributed by atoms with Crippen molar-refractivity contribution in [1.29, 1.82) is 0 Å². The number of anilines is 1. The molecule has 2 N–H and O–H groups in total. The Morgan fingerprint density at radius 1 is 1.08 bits per heavy atom. The van der Waals surface area contributed by atoms with E-state index < -0.39 is 18.1 Å². The maximum Gasteiger partial charge on any atom is 0.407 e. The van der Waals surface area contributed by atoms with Crippen LogP contribution in [0.15, 0.2) is 54.6 Å². The second-order valence-electron chi connectivity index (χ2n) is 5.84. The van der Waals surface area contributed by atoms with E-state index in [4.69, 9.17) is 9.84 Å². The van der Waals surface area contributed by atoms with Crippen molar-refractivity contribution < 1.29 is 19.4 Å². The predicted molar refractivity (Wildman–Crippen MR) is 95.5 cm³/mol. The zero-order valence-corrected chi connectivity index (χ0v) is 14.3. The van der Waals surface area contributed by atoms with Crippen molar-refractivity contribution in [2.75, 3.05) is 19.0 Å². The lowest BCUT2D eigenvalue weighted by Gasteiger charge is -2.19. The van der Waals surface area contributed by atoms with Crippen molar-refractivity contribution in [2.45, 2.75) is 19.1 Å². The van der Waals surface area contributed by atoms with Crippen molar-refractivity contribution in [3.05, 3.63) is 65.7 Å². The van der Waals surface area contributed by atoms with Crippen LogP contribution in [-0.4, -0.2) is 31.3 Å². The number of hydrogen-bond donors (Lipinski definition) is 2. The van der Waals surface area contributed by atoms with E-state index in [2.05, 4.69) is 5.32 Å². The van der Waals surface area contributed by atoms with Gasteiger partial charge in [-0.2, -0.15) is 0 Å². The predicted octanol–water partition coefficient (Wildman–Crippen LogP) is 3.19. The lowest BCUT2D eigenvalue weighted by molar-refractivity contribution is -0.137. The average molecular weight is 342 g/mol. The lowest BCUT2D eigenvalue weighted by Crippen LogP contribution is -2.30. The third-order valence-electron chi connectivity index (χ3n) is 3.70. The Labute approximate surface area is 147 Å². The maximum atomic E-state index is 12.0. The molecule has 2 rings (SSSR count). The van der Waals surface area contributed by atoms with Gasteiger partial charge < -0.3 is 20.1 Å². The zero-order valence-electron chi connectivity index (χ0n) is 14.3. The van der Waals surface area contributed by atoms with E-state index in [-0.39, 0.29) is 13.0 Å². The van der Waals surface area contributed by atoms with Gasteiger partial charge in [-0.15, -0.1) is 0 Å². The van der Waals surface area contributed by atoms with E-state index in [1.807, 2.05) is 61.5 Å². The number of ether oxygens (including phenoxy) is 1. The summed E-state index contributed by atoms with van der Waals surface area (Å²) >= 11 is 0. The molecular weight excluding hydrogens is 320 g/mol. The monoisotopic (exact) mass is 342 g/mol. The Morgan fingerprint density at radius 3 is 2.28 bits per heavy atom. The third-order valence-corrected chi connectivity index (χ3v) is 3.70. The van der Waals surface area contributed by atoms with Gasteiger partial charge in [0.2, 0.25) is 0 Å². The molecule has 0 heterocycles. The summed E-state index contributed by atoms with van der Waals surface area (Å²) in [5.74, 6) is -0.995. The summed E-state index contributed by atoms with van der Waals surface area (Å²) in [5, 5.41) is 11.7. The molecule has 6 heteroatoms. The van der Waals surface area contributed by atoms with Gasteiger partial charge in [0.15, 0.2) is 0 Å². The smallest absolute Gasteiger partial charge is 0.407 e. The number of carbonyl (C=O) groups is 2. The number of carboxylic acids is 1. The van der Waals surface area contributed by atoms with E-state index in [0.29, 0.717) is 5.56 Å².